The molecule has 128 valence electrons. The van der Waals surface area contributed by atoms with E-state index in [1.807, 2.05) is 40.9 Å². The molecule has 0 radical (unpaired) electrons. The van der Waals surface area contributed by atoms with Crippen LogP contribution in [0.5, 0.6) is 5.88 Å². The molecule has 1 aromatic carbocycles. The van der Waals surface area contributed by atoms with Crippen molar-refractivity contribution in [3.63, 3.8) is 0 Å². The maximum absolute atomic E-state index is 12.3. The molecule has 0 saturated heterocycles. The number of hydrogen-bond acceptors (Lipinski definition) is 5. The van der Waals surface area contributed by atoms with Crippen molar-refractivity contribution in [3.8, 4) is 17.1 Å². The van der Waals surface area contributed by atoms with Crippen LogP contribution in [-0.4, -0.2) is 32.4 Å². The molecule has 4 rings (SSSR count). The summed E-state index contributed by atoms with van der Waals surface area (Å²) in [4.78, 5) is 25.4. The van der Waals surface area contributed by atoms with E-state index in [0.29, 0.717) is 17.5 Å². The number of carbonyl (C=O) groups is 1. The second-order valence-corrected chi connectivity index (χ2v) is 5.53. The molecule has 7 heteroatoms. The number of amides is 1. The van der Waals surface area contributed by atoms with E-state index < -0.39 is 0 Å². The third-order valence-electron chi connectivity index (χ3n) is 3.80. The van der Waals surface area contributed by atoms with Crippen molar-refractivity contribution in [3.05, 3.63) is 72.7 Å². The lowest BCUT2D eigenvalue weighted by Gasteiger charge is -2.05. The molecule has 4 aromatic rings. The van der Waals surface area contributed by atoms with Crippen molar-refractivity contribution >= 4 is 17.5 Å². The van der Waals surface area contributed by atoms with Gasteiger partial charge in [0.2, 0.25) is 11.7 Å². The van der Waals surface area contributed by atoms with E-state index in [9.17, 15) is 4.79 Å². The standard InChI is InChI=1S/C19H15N5O2/c1-26-17-9-5-8-14(20-17)18(25)22-16-10-11-24-12-15(21-19(24)23-16)13-6-3-2-4-7-13/h2-12H,1H3,(H,21,22,23,25). The fourth-order valence-electron chi connectivity index (χ4n) is 2.53. The van der Waals surface area contributed by atoms with Gasteiger partial charge in [-0.15, -0.1) is 0 Å². The van der Waals surface area contributed by atoms with Crippen molar-refractivity contribution in [2.45, 2.75) is 0 Å². The zero-order chi connectivity index (χ0) is 17.9. The molecule has 0 saturated carbocycles. The third kappa shape index (κ3) is 3.10. The van der Waals surface area contributed by atoms with Crippen molar-refractivity contribution < 1.29 is 9.53 Å². The van der Waals surface area contributed by atoms with Crippen molar-refractivity contribution in [1.82, 2.24) is 19.4 Å². The predicted molar refractivity (Wildman–Crippen MR) is 97.2 cm³/mol. The molecule has 0 bridgehead atoms. The fourth-order valence-corrected chi connectivity index (χ4v) is 2.53. The van der Waals surface area contributed by atoms with Crippen LogP contribution in [0.1, 0.15) is 10.5 Å². The van der Waals surface area contributed by atoms with E-state index >= 15 is 0 Å². The lowest BCUT2D eigenvalue weighted by Crippen LogP contribution is -2.15. The number of imidazole rings is 1. The molecular weight excluding hydrogens is 330 g/mol. The summed E-state index contributed by atoms with van der Waals surface area (Å²) in [5.41, 5.74) is 2.07. The summed E-state index contributed by atoms with van der Waals surface area (Å²) in [7, 11) is 1.50. The SMILES string of the molecule is COc1cccc(C(=O)Nc2ccn3cc(-c4ccccc4)nc3n2)n1. The average Bonchev–Trinajstić information content (AvgIpc) is 3.12. The summed E-state index contributed by atoms with van der Waals surface area (Å²) in [6, 6.07) is 16.5. The van der Waals surface area contributed by atoms with Gasteiger partial charge < -0.3 is 10.1 Å². The minimum Gasteiger partial charge on any atom is -0.481 e. The Morgan fingerprint density at radius 3 is 2.65 bits per heavy atom. The second-order valence-electron chi connectivity index (χ2n) is 5.53. The maximum Gasteiger partial charge on any atom is 0.275 e. The van der Waals surface area contributed by atoms with Crippen LogP contribution >= 0.6 is 0 Å². The van der Waals surface area contributed by atoms with E-state index in [2.05, 4.69) is 20.3 Å². The van der Waals surface area contributed by atoms with Crippen molar-refractivity contribution in [2.24, 2.45) is 0 Å². The van der Waals surface area contributed by atoms with Gasteiger partial charge >= 0.3 is 0 Å². The number of rotatable bonds is 4. The van der Waals surface area contributed by atoms with Gasteiger partial charge in [0, 0.05) is 24.0 Å². The van der Waals surface area contributed by atoms with E-state index in [-0.39, 0.29) is 11.6 Å². The highest BCUT2D eigenvalue weighted by atomic mass is 16.5. The zero-order valence-electron chi connectivity index (χ0n) is 14.0. The zero-order valence-corrected chi connectivity index (χ0v) is 14.0. The van der Waals surface area contributed by atoms with Gasteiger partial charge in [-0.3, -0.25) is 9.20 Å². The summed E-state index contributed by atoms with van der Waals surface area (Å²) in [6.45, 7) is 0. The molecular formula is C19H15N5O2. The highest BCUT2D eigenvalue weighted by Gasteiger charge is 2.11. The van der Waals surface area contributed by atoms with Crippen LogP contribution in [0.25, 0.3) is 17.0 Å². The number of methoxy groups -OCH3 is 1. The van der Waals surface area contributed by atoms with E-state index in [1.54, 1.807) is 30.5 Å². The summed E-state index contributed by atoms with van der Waals surface area (Å²) < 4.78 is 6.84. The Hall–Kier alpha value is -3.74. The van der Waals surface area contributed by atoms with Crippen LogP contribution in [0.2, 0.25) is 0 Å². The molecule has 0 aliphatic rings. The number of aromatic nitrogens is 4. The van der Waals surface area contributed by atoms with Gasteiger partial charge in [0.1, 0.15) is 11.5 Å². The van der Waals surface area contributed by atoms with Crippen LogP contribution in [0.3, 0.4) is 0 Å². The minimum atomic E-state index is -0.365. The lowest BCUT2D eigenvalue weighted by molar-refractivity contribution is 0.102. The number of anilines is 1. The Morgan fingerprint density at radius 1 is 1.00 bits per heavy atom. The third-order valence-corrected chi connectivity index (χ3v) is 3.80. The first-order valence-corrected chi connectivity index (χ1v) is 7.96. The van der Waals surface area contributed by atoms with Crippen molar-refractivity contribution in [1.29, 1.82) is 0 Å². The molecule has 0 aliphatic heterocycles. The molecule has 0 aliphatic carbocycles. The van der Waals surface area contributed by atoms with Crippen LogP contribution < -0.4 is 10.1 Å². The number of fused-ring (bicyclic) bond motifs is 1. The molecule has 1 N–H and O–H groups in total. The largest absolute Gasteiger partial charge is 0.481 e. The first-order valence-electron chi connectivity index (χ1n) is 7.96. The van der Waals surface area contributed by atoms with Gasteiger partial charge in [0.15, 0.2) is 0 Å². The molecule has 0 unspecified atom stereocenters. The van der Waals surface area contributed by atoms with E-state index in [0.717, 1.165) is 11.3 Å². The summed E-state index contributed by atoms with van der Waals surface area (Å²) in [6.07, 6.45) is 3.70. The molecule has 3 heterocycles. The number of hydrogen-bond donors (Lipinski definition) is 1. The minimum absolute atomic E-state index is 0.249. The monoisotopic (exact) mass is 345 g/mol. The highest BCUT2D eigenvalue weighted by Crippen LogP contribution is 2.19. The lowest BCUT2D eigenvalue weighted by atomic mass is 10.2. The molecule has 0 spiro atoms. The molecule has 3 aromatic heterocycles. The Morgan fingerprint density at radius 2 is 1.85 bits per heavy atom. The van der Waals surface area contributed by atoms with Gasteiger partial charge in [0.05, 0.1) is 12.8 Å². The molecule has 0 fully saturated rings. The summed E-state index contributed by atoms with van der Waals surface area (Å²) >= 11 is 0. The van der Waals surface area contributed by atoms with Gasteiger partial charge in [-0.25, -0.2) is 9.97 Å². The summed E-state index contributed by atoms with van der Waals surface area (Å²) in [5, 5.41) is 2.73. The van der Waals surface area contributed by atoms with Crippen LogP contribution in [0, 0.1) is 0 Å². The Bertz CT molecular complexity index is 1080. The fraction of sp³-hybridized carbons (Fsp3) is 0.0526. The number of benzene rings is 1. The van der Waals surface area contributed by atoms with Crippen LogP contribution in [0.4, 0.5) is 5.82 Å². The number of carbonyl (C=O) groups excluding carboxylic acids is 1. The smallest absolute Gasteiger partial charge is 0.275 e. The summed E-state index contributed by atoms with van der Waals surface area (Å²) in [5.74, 6) is 0.912. The van der Waals surface area contributed by atoms with Gasteiger partial charge in [-0.05, 0) is 12.1 Å². The molecule has 26 heavy (non-hydrogen) atoms. The van der Waals surface area contributed by atoms with E-state index in [1.165, 1.54) is 7.11 Å². The first kappa shape index (κ1) is 15.8. The van der Waals surface area contributed by atoms with Gasteiger partial charge in [0.25, 0.3) is 5.91 Å². The number of nitrogens with one attached hydrogen (secondary N) is 1. The van der Waals surface area contributed by atoms with Crippen LogP contribution in [-0.2, 0) is 0 Å². The topological polar surface area (TPSA) is 81.4 Å². The first-order chi connectivity index (χ1) is 12.7. The predicted octanol–water partition coefficient (Wildman–Crippen LogP) is 3.05. The quantitative estimate of drug-likeness (QED) is 0.615. The Labute approximate surface area is 149 Å². The Kier molecular flexibility index (Phi) is 4.03. The normalized spacial score (nSPS) is 10.7. The average molecular weight is 345 g/mol. The highest BCUT2D eigenvalue weighted by molar-refractivity contribution is 6.02. The Balaban J connectivity index is 1.60. The van der Waals surface area contributed by atoms with Crippen molar-refractivity contribution in [2.75, 3.05) is 12.4 Å². The van der Waals surface area contributed by atoms with Gasteiger partial charge in [-0.1, -0.05) is 36.4 Å². The maximum atomic E-state index is 12.3. The number of ether oxygens (including phenoxy) is 1. The molecule has 0 atom stereocenters. The number of pyridine rings is 1. The van der Waals surface area contributed by atoms with Gasteiger partial charge in [-0.2, -0.15) is 4.98 Å². The second kappa shape index (κ2) is 6.64. The number of nitrogens with zero attached hydrogens (tertiary/aromatic N) is 4. The van der Waals surface area contributed by atoms with E-state index in [4.69, 9.17) is 4.74 Å². The molecule has 1 amide bonds. The molecule has 7 nitrogen and oxygen atoms in total. The van der Waals surface area contributed by atoms with Crippen LogP contribution in [0.15, 0.2) is 67.0 Å².